The molecule has 0 bridgehead atoms. The number of halogens is 8. The maximum atomic E-state index is 13.1. The zero-order valence-corrected chi connectivity index (χ0v) is 40.4. The number of nitrogens with zero attached hydrogens (tertiary/aromatic N) is 4. The summed E-state index contributed by atoms with van der Waals surface area (Å²) in [7, 11) is 3.36. The first-order valence-electron chi connectivity index (χ1n) is 20.3. The molecule has 0 N–H and O–H groups in total. The molecule has 0 spiro atoms. The average molecular weight is 1000 g/mol. The number of hydrogen-bond acceptors (Lipinski definition) is 4. The van der Waals surface area contributed by atoms with Crippen LogP contribution < -0.4 is 24.0 Å². The third-order valence-corrected chi connectivity index (χ3v) is 12.1. The van der Waals surface area contributed by atoms with Crippen molar-refractivity contribution in [2.45, 2.75) is 98.5 Å². The molecule has 61 heavy (non-hydrogen) atoms. The molecule has 3 aromatic carbocycles. The van der Waals surface area contributed by atoms with Gasteiger partial charge in [0.15, 0.2) is 0 Å². The van der Waals surface area contributed by atoms with Gasteiger partial charge in [0, 0.05) is 24.5 Å². The van der Waals surface area contributed by atoms with E-state index in [9.17, 15) is 30.0 Å². The monoisotopic (exact) mass is 1000 g/mol. The van der Waals surface area contributed by atoms with Gasteiger partial charge in [-0.15, -0.1) is 0 Å². The predicted molar refractivity (Wildman–Crippen MR) is 239 cm³/mol. The number of anilines is 3. The molecule has 0 saturated carbocycles. The Kier molecular flexibility index (Phi) is 16.2. The first-order chi connectivity index (χ1) is 28.2. The van der Waals surface area contributed by atoms with Crippen molar-refractivity contribution in [3.05, 3.63) is 119 Å². The van der Waals surface area contributed by atoms with Crippen LogP contribution in [-0.4, -0.2) is 36.3 Å². The van der Waals surface area contributed by atoms with Crippen molar-refractivity contribution in [1.82, 2.24) is 0 Å². The second-order valence-electron chi connectivity index (χ2n) is 16.5. The molecule has 2 aliphatic heterocycles. The Balaban J connectivity index is 0.000000234. The Bertz CT molecular complexity index is 2050. The van der Waals surface area contributed by atoms with Crippen LogP contribution in [0.2, 0.25) is 0 Å². The number of carbonyl (C=O) groups is 1. The second kappa shape index (κ2) is 19.7. The van der Waals surface area contributed by atoms with E-state index < -0.39 is 21.3 Å². The van der Waals surface area contributed by atoms with Gasteiger partial charge in [0.25, 0.3) is 0 Å². The SMILES string of the molecule is CC(C)c1cccc(C(C)C)c1N1[CH-]N(c2c(C(C)C)cccc2C(C)C)CC1.CCC1CN(C(=O)c2cc[n+](C)cc2)c2cccc([CH]=[Ru]([Cl])[Cl])c2O1.F[P-](F)(F)(F)(F)F. The Morgan fingerprint density at radius 1 is 0.770 bits per heavy atom. The molecule has 6 rings (SSSR count). The van der Waals surface area contributed by atoms with E-state index in [1.165, 1.54) is 33.6 Å². The number of aromatic nitrogens is 1. The Morgan fingerprint density at radius 2 is 1.18 bits per heavy atom. The predicted octanol–water partition coefficient (Wildman–Crippen LogP) is 14.4. The fourth-order valence-electron chi connectivity index (χ4n) is 7.28. The van der Waals surface area contributed by atoms with Gasteiger partial charge in [0.05, 0.1) is 0 Å². The van der Waals surface area contributed by atoms with Crippen LogP contribution in [0.4, 0.5) is 42.2 Å². The van der Waals surface area contributed by atoms with E-state index in [0.29, 0.717) is 41.5 Å². The first-order valence-corrected chi connectivity index (χ1v) is 27.8. The molecule has 340 valence electrons. The number of aryl methyl sites for hydroxylation is 1. The molecule has 1 fully saturated rings. The Labute approximate surface area is 370 Å². The zero-order chi connectivity index (χ0) is 45.7. The van der Waals surface area contributed by atoms with Gasteiger partial charge in [-0.25, -0.2) is 0 Å². The standard InChI is InChI=1S/C27H39N2.C18H19N2O2.2ClH.F6P.Ru/c1-18(2)22-11-9-12-23(19(3)4)26(22)28-15-16-29(17-28)27-24(20(5)6)13-10-14-25(27)21(7)8;1-4-15-12-20(16-7-5-6-13(2)17(16)22-15)18(21)14-8-10-19(3)11-9-14;;;1-7(2,3,4,5)6;/h9-14,17-21H,15-16H2,1-8H3;2,5-11,15H,4,12H2,1,3H3;2*1H;;/q-1;+1;;;-1;+2/p-2. The number of benzene rings is 3. The van der Waals surface area contributed by atoms with Gasteiger partial charge in [-0.3, -0.25) is 0 Å². The summed E-state index contributed by atoms with van der Waals surface area (Å²) in [4.78, 5) is 19.9. The Morgan fingerprint density at radius 3 is 1.56 bits per heavy atom. The van der Waals surface area contributed by atoms with Crippen LogP contribution in [0.15, 0.2) is 79.1 Å². The number of pyridine rings is 1. The molecule has 1 aromatic heterocycles. The molecule has 3 heterocycles. The fourth-order valence-corrected chi connectivity index (χ4v) is 9.07. The number of hydrogen-bond donors (Lipinski definition) is 0. The Hall–Kier alpha value is -3.24. The van der Waals surface area contributed by atoms with Crippen LogP contribution in [0.5, 0.6) is 5.75 Å². The van der Waals surface area contributed by atoms with E-state index in [0.717, 1.165) is 30.8 Å². The van der Waals surface area contributed by atoms with Gasteiger partial charge >= 0.3 is 194 Å². The molecule has 1 saturated heterocycles. The summed E-state index contributed by atoms with van der Waals surface area (Å²) in [6.45, 7) is 25.5. The van der Waals surface area contributed by atoms with Crippen molar-refractivity contribution in [2.75, 3.05) is 34.3 Å². The third-order valence-electron chi connectivity index (χ3n) is 10.2. The molecule has 1 amide bonds. The molecular weight excluding hydrogens is 945 g/mol. The zero-order valence-electron chi connectivity index (χ0n) is 36.3. The third kappa shape index (κ3) is 14.7. The van der Waals surface area contributed by atoms with Gasteiger partial charge in [-0.2, -0.15) is 6.67 Å². The minimum atomic E-state index is -10.7. The van der Waals surface area contributed by atoms with Gasteiger partial charge in [0.1, 0.15) is 0 Å². The molecular formula is C45H58Cl2F6N4O2PRu-. The van der Waals surface area contributed by atoms with Crippen molar-refractivity contribution in [3.8, 4) is 5.75 Å². The number of amides is 1. The van der Waals surface area contributed by atoms with Crippen LogP contribution >= 0.6 is 27.2 Å². The van der Waals surface area contributed by atoms with Crippen LogP contribution in [0.25, 0.3) is 0 Å². The molecule has 0 radical (unpaired) electrons. The normalized spacial score (nSPS) is 16.6. The summed E-state index contributed by atoms with van der Waals surface area (Å²) in [5.41, 5.74) is 10.9. The maximum absolute atomic E-state index is 13.1. The molecule has 6 nitrogen and oxygen atoms in total. The number of carbonyl (C=O) groups excluding carboxylic acids is 1. The summed E-state index contributed by atoms with van der Waals surface area (Å²) in [5.74, 6) is 2.71. The topological polar surface area (TPSA) is 39.9 Å². The van der Waals surface area contributed by atoms with Gasteiger partial charge < -0.3 is 9.80 Å². The van der Waals surface area contributed by atoms with E-state index in [1.54, 1.807) is 4.90 Å². The van der Waals surface area contributed by atoms with Gasteiger partial charge in [-0.1, -0.05) is 91.8 Å². The molecule has 16 heteroatoms. The van der Waals surface area contributed by atoms with Crippen molar-refractivity contribution in [3.63, 3.8) is 0 Å². The van der Waals surface area contributed by atoms with E-state index in [2.05, 4.69) is 108 Å². The molecule has 4 aromatic rings. The summed E-state index contributed by atoms with van der Waals surface area (Å²) < 4.78 is 69.1. The molecule has 2 aliphatic rings. The van der Waals surface area contributed by atoms with Crippen molar-refractivity contribution >= 4 is 54.8 Å². The number of rotatable bonds is 9. The van der Waals surface area contributed by atoms with Gasteiger partial charge in [-0.05, 0) is 45.9 Å². The molecule has 1 unspecified atom stereocenters. The van der Waals surface area contributed by atoms with Crippen LogP contribution in [0, 0.1) is 6.67 Å². The van der Waals surface area contributed by atoms with Gasteiger partial charge in [0.2, 0.25) is 0 Å². The number of fused-ring (bicyclic) bond motifs is 1. The van der Waals surface area contributed by atoms with E-state index >= 15 is 0 Å². The number of para-hydroxylation sites is 3. The summed E-state index contributed by atoms with van der Waals surface area (Å²) >= 11 is -1.99. The van der Waals surface area contributed by atoms with Crippen molar-refractivity contribution in [2.24, 2.45) is 7.05 Å². The van der Waals surface area contributed by atoms with E-state index in [-0.39, 0.29) is 12.0 Å². The van der Waals surface area contributed by atoms with E-state index in [4.69, 9.17) is 24.1 Å². The fraction of sp³-hybridized carbons (Fsp3) is 0.422. The molecule has 0 aliphatic carbocycles. The number of ether oxygens (including phenoxy) is 1. The average Bonchev–Trinajstić information content (AvgIpc) is 3.65. The summed E-state index contributed by atoms with van der Waals surface area (Å²) in [6, 6.07) is 23.1. The van der Waals surface area contributed by atoms with Crippen LogP contribution in [-0.2, 0) is 20.6 Å². The second-order valence-corrected chi connectivity index (χ2v) is 24.1. The minimum absolute atomic E-state index is 0.0355. The first kappa shape index (κ1) is 50.4. The van der Waals surface area contributed by atoms with Crippen molar-refractivity contribution in [1.29, 1.82) is 0 Å². The summed E-state index contributed by atoms with van der Waals surface area (Å²) in [6.07, 6.45) is 4.49. The molecule has 1 atom stereocenters. The quantitative estimate of drug-likeness (QED) is 0.0551. The van der Waals surface area contributed by atoms with E-state index in [1.807, 2.05) is 65.9 Å². The van der Waals surface area contributed by atoms with Crippen molar-refractivity contribution < 1.29 is 52.8 Å². The summed E-state index contributed by atoms with van der Waals surface area (Å²) in [5, 5.41) is 0. The van der Waals surface area contributed by atoms with Crippen LogP contribution in [0.1, 0.15) is 131 Å². The van der Waals surface area contributed by atoms with Crippen LogP contribution in [0.3, 0.4) is 0 Å².